The number of fused-ring (bicyclic) bond motifs is 1. The molecule has 0 bridgehead atoms. The Morgan fingerprint density at radius 2 is 2.18 bits per heavy atom. The second-order valence-electron chi connectivity index (χ2n) is 4.89. The Morgan fingerprint density at radius 3 is 2.94 bits per heavy atom. The number of nitrogens with zero attached hydrogens (tertiary/aromatic N) is 2. The Labute approximate surface area is 106 Å². The van der Waals surface area contributed by atoms with Crippen molar-refractivity contribution in [3.63, 3.8) is 0 Å². The van der Waals surface area contributed by atoms with Crippen LogP contribution in [0.5, 0.6) is 0 Å². The van der Waals surface area contributed by atoms with Crippen molar-refractivity contribution in [2.24, 2.45) is 5.92 Å². The predicted molar refractivity (Wildman–Crippen MR) is 70.4 cm³/mol. The Balaban J connectivity index is 1.88. The second kappa shape index (κ2) is 4.27. The standard InChI is InChI=1S/C13H16N2OS/c1-14(8-10-6-7-10)9-15-11-4-2-3-5-12(11)16-13(15)17/h2-5,10H,6-9H2,1H3. The van der Waals surface area contributed by atoms with E-state index in [1.54, 1.807) is 0 Å². The van der Waals surface area contributed by atoms with E-state index in [0.29, 0.717) is 4.84 Å². The van der Waals surface area contributed by atoms with Gasteiger partial charge in [0.15, 0.2) is 5.58 Å². The van der Waals surface area contributed by atoms with Crippen molar-refractivity contribution in [2.45, 2.75) is 19.5 Å². The van der Waals surface area contributed by atoms with Gasteiger partial charge in [0.25, 0.3) is 4.84 Å². The predicted octanol–water partition coefficient (Wildman–Crippen LogP) is 3.26. The van der Waals surface area contributed by atoms with Gasteiger partial charge in [-0.15, -0.1) is 0 Å². The summed E-state index contributed by atoms with van der Waals surface area (Å²) in [7, 11) is 2.14. The van der Waals surface area contributed by atoms with Crippen LogP contribution < -0.4 is 0 Å². The van der Waals surface area contributed by atoms with Crippen LogP contribution in [0.2, 0.25) is 0 Å². The first kappa shape index (κ1) is 11.0. The molecule has 1 aliphatic carbocycles. The average Bonchev–Trinajstić information content (AvgIpc) is 3.05. The molecule has 0 spiro atoms. The minimum Gasteiger partial charge on any atom is -0.429 e. The maximum absolute atomic E-state index is 5.57. The summed E-state index contributed by atoms with van der Waals surface area (Å²) < 4.78 is 7.63. The van der Waals surface area contributed by atoms with Crippen LogP contribution in [0.15, 0.2) is 28.7 Å². The highest BCUT2D eigenvalue weighted by Crippen LogP contribution is 2.29. The van der Waals surface area contributed by atoms with Crippen LogP contribution >= 0.6 is 12.2 Å². The van der Waals surface area contributed by atoms with Crippen LogP contribution in [0, 0.1) is 10.8 Å². The summed E-state index contributed by atoms with van der Waals surface area (Å²) in [5, 5.41) is 0. The third kappa shape index (κ3) is 2.28. The molecule has 1 aliphatic rings. The highest BCUT2D eigenvalue weighted by atomic mass is 32.1. The number of hydrogen-bond acceptors (Lipinski definition) is 3. The van der Waals surface area contributed by atoms with E-state index in [2.05, 4.69) is 22.6 Å². The van der Waals surface area contributed by atoms with Crippen molar-refractivity contribution in [3.05, 3.63) is 29.1 Å². The molecular weight excluding hydrogens is 232 g/mol. The number of rotatable bonds is 4. The van der Waals surface area contributed by atoms with Crippen LogP contribution in [-0.2, 0) is 6.67 Å². The van der Waals surface area contributed by atoms with Gasteiger partial charge in [-0.05, 0) is 50.2 Å². The van der Waals surface area contributed by atoms with Gasteiger partial charge in [0.05, 0.1) is 12.2 Å². The number of benzene rings is 1. The summed E-state index contributed by atoms with van der Waals surface area (Å²) in [6.45, 7) is 1.97. The van der Waals surface area contributed by atoms with Gasteiger partial charge < -0.3 is 4.42 Å². The SMILES string of the molecule is CN(CC1CC1)Cn1c(=S)oc2ccccc21. The molecule has 0 aliphatic heterocycles. The minimum absolute atomic E-state index is 0.564. The molecule has 3 rings (SSSR count). The number of hydrogen-bond donors (Lipinski definition) is 0. The molecule has 2 aromatic rings. The van der Waals surface area contributed by atoms with E-state index < -0.39 is 0 Å². The molecule has 17 heavy (non-hydrogen) atoms. The highest BCUT2D eigenvalue weighted by Gasteiger charge is 2.23. The van der Waals surface area contributed by atoms with Gasteiger partial charge in [0, 0.05) is 6.54 Å². The van der Waals surface area contributed by atoms with Crippen molar-refractivity contribution < 1.29 is 4.42 Å². The first-order valence-corrected chi connectivity index (χ1v) is 6.42. The summed E-state index contributed by atoms with van der Waals surface area (Å²) in [6.07, 6.45) is 2.75. The van der Waals surface area contributed by atoms with Gasteiger partial charge in [-0.2, -0.15) is 0 Å². The molecule has 0 atom stereocenters. The zero-order valence-electron chi connectivity index (χ0n) is 9.93. The fourth-order valence-corrected chi connectivity index (χ4v) is 2.43. The fourth-order valence-electron chi connectivity index (χ4n) is 2.19. The Morgan fingerprint density at radius 1 is 1.41 bits per heavy atom. The summed E-state index contributed by atoms with van der Waals surface area (Å²) in [4.78, 5) is 2.88. The number of para-hydroxylation sites is 2. The van der Waals surface area contributed by atoms with Gasteiger partial charge in [-0.3, -0.25) is 9.47 Å². The Bertz CT molecular complexity index is 582. The smallest absolute Gasteiger partial charge is 0.270 e. The molecule has 1 aromatic heterocycles. The van der Waals surface area contributed by atoms with Crippen LogP contribution in [0.1, 0.15) is 12.8 Å². The molecule has 1 heterocycles. The maximum atomic E-state index is 5.57. The molecule has 3 nitrogen and oxygen atoms in total. The third-order valence-corrected chi connectivity index (χ3v) is 3.53. The fraction of sp³-hybridized carbons (Fsp3) is 0.462. The van der Waals surface area contributed by atoms with E-state index in [9.17, 15) is 0 Å². The average molecular weight is 248 g/mol. The lowest BCUT2D eigenvalue weighted by Crippen LogP contribution is -2.24. The van der Waals surface area contributed by atoms with E-state index in [1.165, 1.54) is 12.8 Å². The molecular formula is C13H16N2OS. The quantitative estimate of drug-likeness (QED) is 0.775. The maximum Gasteiger partial charge on any atom is 0.270 e. The van der Waals surface area contributed by atoms with E-state index in [0.717, 1.165) is 30.2 Å². The minimum atomic E-state index is 0.564. The van der Waals surface area contributed by atoms with Crippen molar-refractivity contribution in [1.82, 2.24) is 9.47 Å². The number of oxazole rings is 1. The number of aromatic nitrogens is 1. The first-order chi connectivity index (χ1) is 8.24. The molecule has 1 fully saturated rings. The molecule has 0 N–H and O–H groups in total. The van der Waals surface area contributed by atoms with E-state index in [1.807, 2.05) is 18.2 Å². The molecule has 0 saturated heterocycles. The van der Waals surface area contributed by atoms with Gasteiger partial charge in [0.1, 0.15) is 0 Å². The zero-order valence-corrected chi connectivity index (χ0v) is 10.7. The van der Waals surface area contributed by atoms with Gasteiger partial charge in [0.2, 0.25) is 0 Å². The summed E-state index contributed by atoms with van der Waals surface area (Å²) in [6, 6.07) is 8.00. The summed E-state index contributed by atoms with van der Waals surface area (Å²) >= 11 is 5.27. The van der Waals surface area contributed by atoms with E-state index in [-0.39, 0.29) is 0 Å². The van der Waals surface area contributed by atoms with Gasteiger partial charge >= 0.3 is 0 Å². The highest BCUT2D eigenvalue weighted by molar-refractivity contribution is 7.71. The normalized spacial score (nSPS) is 15.9. The summed E-state index contributed by atoms with van der Waals surface area (Å²) in [5.41, 5.74) is 1.96. The van der Waals surface area contributed by atoms with Crippen molar-refractivity contribution >= 4 is 23.3 Å². The van der Waals surface area contributed by atoms with Gasteiger partial charge in [-0.1, -0.05) is 12.1 Å². The molecule has 1 saturated carbocycles. The topological polar surface area (TPSA) is 21.3 Å². The lowest BCUT2D eigenvalue weighted by Gasteiger charge is -2.16. The van der Waals surface area contributed by atoms with E-state index >= 15 is 0 Å². The second-order valence-corrected chi connectivity index (χ2v) is 5.24. The van der Waals surface area contributed by atoms with Crippen LogP contribution in [0.3, 0.4) is 0 Å². The first-order valence-electron chi connectivity index (χ1n) is 6.01. The van der Waals surface area contributed by atoms with Crippen molar-refractivity contribution in [3.8, 4) is 0 Å². The molecule has 0 unspecified atom stereocenters. The van der Waals surface area contributed by atoms with Crippen LogP contribution in [0.4, 0.5) is 0 Å². The van der Waals surface area contributed by atoms with Crippen molar-refractivity contribution in [2.75, 3.05) is 13.6 Å². The molecule has 4 heteroatoms. The monoisotopic (exact) mass is 248 g/mol. The molecule has 0 radical (unpaired) electrons. The Hall–Kier alpha value is -1.13. The van der Waals surface area contributed by atoms with E-state index in [4.69, 9.17) is 16.6 Å². The van der Waals surface area contributed by atoms with Crippen LogP contribution in [0.25, 0.3) is 11.1 Å². The lowest BCUT2D eigenvalue weighted by molar-refractivity contribution is 0.255. The molecule has 1 aromatic carbocycles. The van der Waals surface area contributed by atoms with Crippen LogP contribution in [-0.4, -0.2) is 23.1 Å². The lowest BCUT2D eigenvalue weighted by atomic mass is 10.3. The molecule has 0 amide bonds. The largest absolute Gasteiger partial charge is 0.429 e. The Kier molecular flexibility index (Phi) is 2.76. The zero-order chi connectivity index (χ0) is 11.8. The summed E-state index contributed by atoms with van der Waals surface area (Å²) in [5.74, 6) is 0.896. The van der Waals surface area contributed by atoms with Crippen molar-refractivity contribution in [1.29, 1.82) is 0 Å². The third-order valence-electron chi connectivity index (χ3n) is 3.22. The van der Waals surface area contributed by atoms with Gasteiger partial charge in [-0.25, -0.2) is 0 Å². The molecule has 90 valence electrons.